The summed E-state index contributed by atoms with van der Waals surface area (Å²) in [5.41, 5.74) is 5.76. The first-order valence-electron chi connectivity index (χ1n) is 6.05. The summed E-state index contributed by atoms with van der Waals surface area (Å²) in [5, 5.41) is -0.460. The van der Waals surface area contributed by atoms with Gasteiger partial charge in [-0.05, 0) is 25.2 Å². The molecule has 1 aliphatic rings. The van der Waals surface area contributed by atoms with Crippen molar-refractivity contribution in [2.75, 3.05) is 19.6 Å². The van der Waals surface area contributed by atoms with Crippen LogP contribution in [0.3, 0.4) is 0 Å². The van der Waals surface area contributed by atoms with Crippen LogP contribution in [0.15, 0.2) is 0 Å². The maximum atomic E-state index is 12.1. The maximum absolute atomic E-state index is 12.1. The molecular weight excluding hydrogens is 224 g/mol. The number of nitrogens with two attached hydrogens (primary N) is 1. The predicted octanol–water partition coefficient (Wildman–Crippen LogP) is 1.18. The second-order valence-electron chi connectivity index (χ2n) is 5.15. The van der Waals surface area contributed by atoms with Gasteiger partial charge in [-0.25, -0.2) is 12.7 Å². The third-order valence-corrected chi connectivity index (χ3v) is 6.28. The Hall–Kier alpha value is -0.130. The fraction of sp³-hybridized carbons (Fsp3) is 1.00. The number of piperidine rings is 1. The molecule has 5 heteroatoms. The molecule has 0 aromatic carbocycles. The number of hydrogen-bond donors (Lipinski definition) is 1. The van der Waals surface area contributed by atoms with Gasteiger partial charge in [-0.3, -0.25) is 0 Å². The van der Waals surface area contributed by atoms with Gasteiger partial charge in [0.15, 0.2) is 0 Å². The van der Waals surface area contributed by atoms with Gasteiger partial charge < -0.3 is 5.73 Å². The van der Waals surface area contributed by atoms with Gasteiger partial charge in [0.2, 0.25) is 10.0 Å². The van der Waals surface area contributed by atoms with E-state index in [0.717, 1.165) is 19.3 Å². The molecule has 0 radical (unpaired) electrons. The van der Waals surface area contributed by atoms with Crippen LogP contribution in [0.1, 0.15) is 40.0 Å². The van der Waals surface area contributed by atoms with E-state index in [0.29, 0.717) is 18.5 Å². The normalized spacial score (nSPS) is 24.2. The maximum Gasteiger partial charge on any atom is 0.217 e. The highest BCUT2D eigenvalue weighted by Gasteiger charge is 2.35. The highest BCUT2D eigenvalue weighted by molar-refractivity contribution is 7.89. The Morgan fingerprint density at radius 1 is 1.38 bits per heavy atom. The van der Waals surface area contributed by atoms with Crippen molar-refractivity contribution in [1.82, 2.24) is 4.31 Å². The topological polar surface area (TPSA) is 63.4 Å². The van der Waals surface area contributed by atoms with E-state index < -0.39 is 15.3 Å². The molecular formula is C11H24N2O2S. The Labute approximate surface area is 99.2 Å². The molecule has 0 amide bonds. The van der Waals surface area contributed by atoms with E-state index in [4.69, 9.17) is 5.73 Å². The van der Waals surface area contributed by atoms with Crippen molar-refractivity contribution in [3.63, 3.8) is 0 Å². The molecule has 0 aromatic heterocycles. The van der Waals surface area contributed by atoms with Crippen molar-refractivity contribution >= 4 is 10.0 Å². The lowest BCUT2D eigenvalue weighted by atomic mass is 9.79. The second-order valence-corrected chi connectivity index (χ2v) is 7.51. The molecule has 1 rings (SSSR count). The molecule has 16 heavy (non-hydrogen) atoms. The first kappa shape index (κ1) is 13.9. The molecule has 0 aromatic rings. The zero-order valence-corrected chi connectivity index (χ0v) is 11.4. The molecule has 1 heterocycles. The van der Waals surface area contributed by atoms with Gasteiger partial charge in [-0.15, -0.1) is 0 Å². The monoisotopic (exact) mass is 248 g/mol. The summed E-state index contributed by atoms with van der Waals surface area (Å²) in [6, 6.07) is 0. The van der Waals surface area contributed by atoms with E-state index in [2.05, 4.69) is 13.8 Å². The van der Waals surface area contributed by atoms with Crippen LogP contribution >= 0.6 is 0 Å². The standard InChI is InChI=1S/C11H24N2O2S/c1-4-11(3)5-7-13(8-6-11)16(14,15)10(2)9-12/h10H,4-9,12H2,1-3H3. The molecule has 0 saturated carbocycles. The van der Waals surface area contributed by atoms with Crippen LogP contribution in [-0.2, 0) is 10.0 Å². The van der Waals surface area contributed by atoms with Gasteiger partial charge in [-0.1, -0.05) is 20.3 Å². The summed E-state index contributed by atoms with van der Waals surface area (Å²) in [6.07, 6.45) is 3.04. The lowest BCUT2D eigenvalue weighted by Crippen LogP contribution is -2.46. The number of nitrogens with zero attached hydrogens (tertiary/aromatic N) is 1. The van der Waals surface area contributed by atoms with E-state index in [1.807, 2.05) is 0 Å². The van der Waals surface area contributed by atoms with Gasteiger partial charge in [0.05, 0.1) is 5.25 Å². The first-order chi connectivity index (χ1) is 7.35. The minimum Gasteiger partial charge on any atom is -0.329 e. The molecule has 4 nitrogen and oxygen atoms in total. The molecule has 1 saturated heterocycles. The van der Waals surface area contributed by atoms with Gasteiger partial charge in [-0.2, -0.15) is 0 Å². The third kappa shape index (κ3) is 2.76. The van der Waals surface area contributed by atoms with Crippen molar-refractivity contribution in [1.29, 1.82) is 0 Å². The molecule has 0 aliphatic carbocycles. The molecule has 1 atom stereocenters. The molecule has 1 fully saturated rings. The van der Waals surface area contributed by atoms with Crippen LogP contribution in [0, 0.1) is 5.41 Å². The van der Waals surface area contributed by atoms with Crippen molar-refractivity contribution < 1.29 is 8.42 Å². The Bertz CT molecular complexity index is 319. The highest BCUT2D eigenvalue weighted by atomic mass is 32.2. The molecule has 1 unspecified atom stereocenters. The van der Waals surface area contributed by atoms with Crippen LogP contribution in [-0.4, -0.2) is 37.6 Å². The van der Waals surface area contributed by atoms with Crippen LogP contribution in [0.2, 0.25) is 0 Å². The van der Waals surface area contributed by atoms with Gasteiger partial charge in [0, 0.05) is 19.6 Å². The van der Waals surface area contributed by atoms with E-state index in [1.165, 1.54) is 0 Å². The minimum atomic E-state index is -3.16. The average molecular weight is 248 g/mol. The zero-order valence-electron chi connectivity index (χ0n) is 10.6. The van der Waals surface area contributed by atoms with Crippen LogP contribution in [0.5, 0.6) is 0 Å². The van der Waals surface area contributed by atoms with E-state index in [-0.39, 0.29) is 6.54 Å². The number of hydrogen-bond acceptors (Lipinski definition) is 3. The highest BCUT2D eigenvalue weighted by Crippen LogP contribution is 2.35. The molecule has 2 N–H and O–H groups in total. The Morgan fingerprint density at radius 2 is 1.88 bits per heavy atom. The summed E-state index contributed by atoms with van der Waals surface area (Å²) in [4.78, 5) is 0. The van der Waals surface area contributed by atoms with E-state index in [1.54, 1.807) is 11.2 Å². The largest absolute Gasteiger partial charge is 0.329 e. The van der Waals surface area contributed by atoms with Crippen LogP contribution in [0.25, 0.3) is 0 Å². The number of rotatable bonds is 4. The summed E-state index contributed by atoms with van der Waals surface area (Å²) >= 11 is 0. The minimum absolute atomic E-state index is 0.198. The van der Waals surface area contributed by atoms with E-state index in [9.17, 15) is 8.42 Å². The van der Waals surface area contributed by atoms with Gasteiger partial charge in [0.1, 0.15) is 0 Å². The Morgan fingerprint density at radius 3 is 2.25 bits per heavy atom. The summed E-state index contributed by atoms with van der Waals surface area (Å²) in [5.74, 6) is 0. The summed E-state index contributed by atoms with van der Waals surface area (Å²) in [7, 11) is -3.16. The second kappa shape index (κ2) is 5.02. The zero-order chi connectivity index (χ0) is 12.4. The third-order valence-electron chi connectivity index (χ3n) is 3.98. The van der Waals surface area contributed by atoms with Gasteiger partial charge >= 0.3 is 0 Å². The van der Waals surface area contributed by atoms with Crippen molar-refractivity contribution in [2.24, 2.45) is 11.1 Å². The Balaban J connectivity index is 2.67. The lowest BCUT2D eigenvalue weighted by Gasteiger charge is -2.39. The van der Waals surface area contributed by atoms with Crippen LogP contribution < -0.4 is 5.73 Å². The average Bonchev–Trinajstić information content (AvgIpc) is 2.28. The summed E-state index contributed by atoms with van der Waals surface area (Å²) in [6.45, 7) is 7.59. The fourth-order valence-electron chi connectivity index (χ4n) is 2.01. The quantitative estimate of drug-likeness (QED) is 0.812. The van der Waals surface area contributed by atoms with Crippen molar-refractivity contribution in [3.05, 3.63) is 0 Å². The fourth-order valence-corrected chi connectivity index (χ4v) is 3.45. The predicted molar refractivity (Wildman–Crippen MR) is 66.6 cm³/mol. The summed E-state index contributed by atoms with van der Waals surface area (Å²) < 4.78 is 25.7. The van der Waals surface area contributed by atoms with E-state index >= 15 is 0 Å². The van der Waals surface area contributed by atoms with Crippen molar-refractivity contribution in [3.8, 4) is 0 Å². The number of sulfonamides is 1. The molecule has 0 spiro atoms. The first-order valence-corrected chi connectivity index (χ1v) is 7.55. The SMILES string of the molecule is CCC1(C)CCN(S(=O)(=O)C(C)CN)CC1. The lowest BCUT2D eigenvalue weighted by molar-refractivity contribution is 0.168. The molecule has 96 valence electrons. The van der Waals surface area contributed by atoms with Gasteiger partial charge in [0.25, 0.3) is 0 Å². The van der Waals surface area contributed by atoms with Crippen molar-refractivity contribution in [2.45, 2.75) is 45.3 Å². The molecule has 0 bridgehead atoms. The molecule has 1 aliphatic heterocycles. The smallest absolute Gasteiger partial charge is 0.217 e. The van der Waals surface area contributed by atoms with Crippen LogP contribution in [0.4, 0.5) is 0 Å². The Kier molecular flexibility index (Phi) is 4.37.